The Morgan fingerprint density at radius 1 is 1.20 bits per heavy atom. The molecule has 124 valence electrons. The molecule has 0 saturated heterocycles. The Bertz CT molecular complexity index is 1180. The smallest absolute Gasteiger partial charge is 0.291 e. The van der Waals surface area contributed by atoms with E-state index in [1.165, 1.54) is 15.9 Å². The first-order valence-electron chi connectivity index (χ1n) is 7.46. The van der Waals surface area contributed by atoms with Gasteiger partial charge in [-0.15, -0.1) is 5.10 Å². The van der Waals surface area contributed by atoms with Gasteiger partial charge in [-0.25, -0.2) is 0 Å². The van der Waals surface area contributed by atoms with E-state index in [-0.39, 0.29) is 5.56 Å². The van der Waals surface area contributed by atoms with Crippen molar-refractivity contribution in [3.63, 3.8) is 0 Å². The average molecular weight is 414 g/mol. The van der Waals surface area contributed by atoms with Gasteiger partial charge in [0.15, 0.2) is 5.82 Å². The molecule has 4 aromatic rings. The quantitative estimate of drug-likeness (QED) is 0.517. The zero-order valence-electron chi connectivity index (χ0n) is 13.1. The molecule has 4 rings (SSSR count). The largest absolute Gasteiger partial charge is 0.497 e. The summed E-state index contributed by atoms with van der Waals surface area (Å²) >= 11 is 4.81. The summed E-state index contributed by atoms with van der Waals surface area (Å²) < 4.78 is 8.04. The minimum atomic E-state index is -0.173. The van der Waals surface area contributed by atoms with Crippen LogP contribution in [0.25, 0.3) is 22.4 Å². The molecule has 0 fully saturated rings. The minimum Gasteiger partial charge on any atom is -0.497 e. The fourth-order valence-electron chi connectivity index (χ4n) is 2.47. The zero-order valence-corrected chi connectivity index (χ0v) is 15.5. The second-order valence-corrected chi connectivity index (χ2v) is 7.17. The maximum Gasteiger partial charge on any atom is 0.291 e. The molecule has 0 unspecified atom stereocenters. The van der Waals surface area contributed by atoms with Gasteiger partial charge in [0.2, 0.25) is 4.96 Å². The van der Waals surface area contributed by atoms with Crippen LogP contribution in [0.5, 0.6) is 5.75 Å². The van der Waals surface area contributed by atoms with Gasteiger partial charge in [0.05, 0.1) is 11.6 Å². The Labute approximate surface area is 155 Å². The van der Waals surface area contributed by atoms with Crippen LogP contribution in [0.4, 0.5) is 0 Å². The highest BCUT2D eigenvalue weighted by molar-refractivity contribution is 9.10. The van der Waals surface area contributed by atoms with Crippen LogP contribution < -0.4 is 14.8 Å². The number of hydrogen-bond donors (Lipinski definition) is 0. The lowest BCUT2D eigenvalue weighted by Gasteiger charge is -1.99. The second kappa shape index (κ2) is 6.42. The maximum atomic E-state index is 12.6. The predicted octanol–water partition coefficient (Wildman–Crippen LogP) is 3.14. The Balaban J connectivity index is 1.82. The zero-order chi connectivity index (χ0) is 17.4. The lowest BCUT2D eigenvalue weighted by molar-refractivity contribution is 0.414. The van der Waals surface area contributed by atoms with Crippen molar-refractivity contribution < 1.29 is 4.74 Å². The molecule has 0 aliphatic rings. The van der Waals surface area contributed by atoms with Gasteiger partial charge in [0.25, 0.3) is 5.56 Å². The normalized spacial score (nSPS) is 12.0. The number of hydrogen-bond acceptors (Lipinski definition) is 5. The molecule has 0 amide bonds. The van der Waals surface area contributed by atoms with Crippen LogP contribution in [-0.4, -0.2) is 21.7 Å². The highest BCUT2D eigenvalue weighted by Crippen LogP contribution is 2.25. The predicted molar refractivity (Wildman–Crippen MR) is 102 cm³/mol. The molecule has 0 aliphatic carbocycles. The Hall–Kier alpha value is -2.51. The number of halogens is 1. The third kappa shape index (κ3) is 2.96. The monoisotopic (exact) mass is 413 g/mol. The summed E-state index contributed by atoms with van der Waals surface area (Å²) in [5.74, 6) is 1.28. The Morgan fingerprint density at radius 3 is 2.80 bits per heavy atom. The topological polar surface area (TPSA) is 56.5 Å². The first-order valence-corrected chi connectivity index (χ1v) is 9.07. The van der Waals surface area contributed by atoms with E-state index in [0.717, 1.165) is 21.3 Å². The summed E-state index contributed by atoms with van der Waals surface area (Å²) in [6.07, 6.45) is 1.82. The van der Waals surface area contributed by atoms with Crippen molar-refractivity contribution in [1.29, 1.82) is 0 Å². The van der Waals surface area contributed by atoms with Gasteiger partial charge in [0, 0.05) is 10.0 Å². The van der Waals surface area contributed by atoms with Crippen molar-refractivity contribution in [2.24, 2.45) is 0 Å². The summed E-state index contributed by atoms with van der Waals surface area (Å²) in [7, 11) is 1.62. The van der Waals surface area contributed by atoms with Gasteiger partial charge < -0.3 is 4.74 Å². The molecule has 0 aliphatic heterocycles. The number of benzene rings is 2. The molecule has 0 atom stereocenters. The summed E-state index contributed by atoms with van der Waals surface area (Å²) in [5, 5.41) is 4.37. The van der Waals surface area contributed by atoms with Crippen molar-refractivity contribution in [3.05, 3.63) is 73.5 Å². The van der Waals surface area contributed by atoms with Crippen molar-refractivity contribution in [2.75, 3.05) is 7.11 Å². The standard InChI is InChI=1S/C18H12BrN3O2S/c1-24-12-6-4-5-11(9-12)10-15-17(23)22-18(25-15)20-16(21-22)13-7-2-3-8-14(13)19/h2-10H,1H3/b15-10+. The number of ether oxygens (including phenoxy) is 1. The van der Waals surface area contributed by atoms with Gasteiger partial charge in [-0.05, 0) is 35.9 Å². The Morgan fingerprint density at radius 2 is 2.04 bits per heavy atom. The van der Waals surface area contributed by atoms with Crippen LogP contribution in [0.2, 0.25) is 0 Å². The van der Waals surface area contributed by atoms with Crippen LogP contribution in [0.15, 0.2) is 57.8 Å². The van der Waals surface area contributed by atoms with E-state index in [2.05, 4.69) is 26.0 Å². The summed E-state index contributed by atoms with van der Waals surface area (Å²) in [4.78, 5) is 17.7. The van der Waals surface area contributed by atoms with Gasteiger partial charge >= 0.3 is 0 Å². The van der Waals surface area contributed by atoms with Crippen LogP contribution in [0.3, 0.4) is 0 Å². The van der Waals surface area contributed by atoms with Gasteiger partial charge in [0.1, 0.15) is 5.75 Å². The highest BCUT2D eigenvalue weighted by atomic mass is 79.9. The third-order valence-electron chi connectivity index (χ3n) is 3.69. The molecular weight excluding hydrogens is 402 g/mol. The summed E-state index contributed by atoms with van der Waals surface area (Å²) in [5.41, 5.74) is 1.58. The number of nitrogens with zero attached hydrogens (tertiary/aromatic N) is 3. The lowest BCUT2D eigenvalue weighted by Crippen LogP contribution is -2.23. The number of rotatable bonds is 3. The van der Waals surface area contributed by atoms with Crippen molar-refractivity contribution >= 4 is 38.3 Å². The van der Waals surface area contributed by atoms with Crippen LogP contribution in [-0.2, 0) is 0 Å². The first kappa shape index (κ1) is 16.0. The van der Waals surface area contributed by atoms with Gasteiger partial charge in [-0.1, -0.05) is 51.5 Å². The molecule has 2 heterocycles. The highest BCUT2D eigenvalue weighted by Gasteiger charge is 2.13. The number of methoxy groups -OCH3 is 1. The first-order chi connectivity index (χ1) is 12.2. The molecule has 2 aromatic heterocycles. The van der Waals surface area contributed by atoms with Gasteiger partial charge in [-0.3, -0.25) is 4.79 Å². The Kier molecular flexibility index (Phi) is 4.10. The van der Waals surface area contributed by atoms with Crippen molar-refractivity contribution in [2.45, 2.75) is 0 Å². The molecule has 2 aromatic carbocycles. The van der Waals surface area contributed by atoms with E-state index < -0.39 is 0 Å². The molecule has 0 bridgehead atoms. The van der Waals surface area contributed by atoms with Crippen molar-refractivity contribution in [3.8, 4) is 17.1 Å². The molecule has 0 spiro atoms. The number of aromatic nitrogens is 3. The fourth-order valence-corrected chi connectivity index (χ4v) is 3.84. The summed E-state index contributed by atoms with van der Waals surface area (Å²) in [6, 6.07) is 15.2. The second-order valence-electron chi connectivity index (χ2n) is 5.30. The minimum absolute atomic E-state index is 0.173. The van der Waals surface area contributed by atoms with E-state index >= 15 is 0 Å². The van der Waals surface area contributed by atoms with Crippen LogP contribution >= 0.6 is 27.3 Å². The fraction of sp³-hybridized carbons (Fsp3) is 0.0556. The summed E-state index contributed by atoms with van der Waals surface area (Å²) in [6.45, 7) is 0. The number of thiazole rings is 1. The molecule has 0 radical (unpaired) electrons. The maximum absolute atomic E-state index is 12.6. The molecule has 0 N–H and O–H groups in total. The van der Waals surface area contributed by atoms with Gasteiger partial charge in [-0.2, -0.15) is 9.50 Å². The molecular formula is C18H12BrN3O2S. The van der Waals surface area contributed by atoms with Crippen LogP contribution in [0, 0.1) is 0 Å². The SMILES string of the molecule is COc1cccc(/C=c2/sc3nc(-c4ccccc4Br)nn3c2=O)c1. The molecule has 5 nitrogen and oxygen atoms in total. The molecule has 7 heteroatoms. The molecule has 0 saturated carbocycles. The van der Waals surface area contributed by atoms with E-state index in [1.807, 2.05) is 54.6 Å². The lowest BCUT2D eigenvalue weighted by atomic mass is 10.2. The van der Waals surface area contributed by atoms with E-state index in [9.17, 15) is 4.79 Å². The average Bonchev–Trinajstić information content (AvgIpc) is 3.15. The van der Waals surface area contributed by atoms with E-state index in [4.69, 9.17) is 4.74 Å². The van der Waals surface area contributed by atoms with Crippen molar-refractivity contribution in [1.82, 2.24) is 14.6 Å². The third-order valence-corrected chi connectivity index (χ3v) is 5.34. The van der Waals surface area contributed by atoms with E-state index in [1.54, 1.807) is 7.11 Å². The molecule has 25 heavy (non-hydrogen) atoms. The number of fused-ring (bicyclic) bond motifs is 1. The van der Waals surface area contributed by atoms with Crippen LogP contribution in [0.1, 0.15) is 5.56 Å². The van der Waals surface area contributed by atoms with E-state index in [0.29, 0.717) is 15.3 Å².